The van der Waals surface area contributed by atoms with Crippen LogP contribution in [0.5, 0.6) is 0 Å². The maximum Gasteiger partial charge on any atom is 0.239 e. The van der Waals surface area contributed by atoms with Gasteiger partial charge in [0, 0.05) is 18.9 Å². The number of hydrogen-bond donors (Lipinski definition) is 3. The van der Waals surface area contributed by atoms with Gasteiger partial charge in [0.15, 0.2) is 0 Å². The molecule has 0 aromatic carbocycles. The number of aromatic amines is 1. The summed E-state index contributed by atoms with van der Waals surface area (Å²) in [5.74, 6) is 1.45. The molecule has 2 aliphatic carbocycles. The molecule has 1 aromatic heterocycles. The first kappa shape index (κ1) is 12.4. The Hall–Kier alpha value is -1.59. The Morgan fingerprint density at radius 1 is 1.42 bits per heavy atom. The summed E-state index contributed by atoms with van der Waals surface area (Å²) in [4.78, 5) is 16.1. The molecule has 6 heteroatoms. The second-order valence-corrected chi connectivity index (χ2v) is 5.86. The van der Waals surface area contributed by atoms with E-state index in [2.05, 4.69) is 20.5 Å². The molecule has 2 aliphatic rings. The van der Waals surface area contributed by atoms with Crippen LogP contribution in [-0.2, 0) is 11.2 Å². The fourth-order valence-electron chi connectivity index (χ4n) is 3.38. The van der Waals surface area contributed by atoms with Crippen LogP contribution in [0.3, 0.4) is 0 Å². The highest BCUT2D eigenvalue weighted by atomic mass is 16.2. The first-order valence-corrected chi connectivity index (χ1v) is 7.14. The van der Waals surface area contributed by atoms with Gasteiger partial charge in [0.05, 0.1) is 0 Å². The van der Waals surface area contributed by atoms with Crippen LogP contribution in [0.15, 0.2) is 0 Å². The summed E-state index contributed by atoms with van der Waals surface area (Å²) in [6.45, 7) is 0.597. The van der Waals surface area contributed by atoms with Crippen molar-refractivity contribution in [2.24, 2.45) is 11.3 Å². The Bertz CT molecular complexity index is 463. The van der Waals surface area contributed by atoms with E-state index in [0.29, 0.717) is 18.4 Å². The van der Waals surface area contributed by atoms with Crippen molar-refractivity contribution in [1.29, 1.82) is 0 Å². The van der Waals surface area contributed by atoms with Gasteiger partial charge >= 0.3 is 0 Å². The van der Waals surface area contributed by atoms with Crippen molar-refractivity contribution in [2.75, 3.05) is 12.3 Å². The monoisotopic (exact) mass is 263 g/mol. The molecule has 3 rings (SSSR count). The maximum atomic E-state index is 12.1. The number of rotatable bonds is 4. The van der Waals surface area contributed by atoms with Gasteiger partial charge in [0.1, 0.15) is 5.82 Å². The largest absolute Gasteiger partial charge is 0.367 e. The van der Waals surface area contributed by atoms with Gasteiger partial charge in [-0.1, -0.05) is 19.3 Å². The van der Waals surface area contributed by atoms with E-state index < -0.39 is 0 Å². The third-order valence-electron chi connectivity index (χ3n) is 4.57. The minimum Gasteiger partial charge on any atom is -0.367 e. The molecule has 0 bridgehead atoms. The molecule has 4 N–H and O–H groups in total. The Kier molecular flexibility index (Phi) is 3.16. The third-order valence-corrected chi connectivity index (χ3v) is 4.57. The second-order valence-electron chi connectivity index (χ2n) is 5.86. The van der Waals surface area contributed by atoms with E-state index in [0.717, 1.165) is 12.2 Å². The second kappa shape index (κ2) is 4.83. The first-order valence-electron chi connectivity index (χ1n) is 7.14. The molecule has 0 radical (unpaired) electrons. The molecule has 0 aliphatic heterocycles. The molecule has 6 nitrogen and oxygen atoms in total. The molecule has 1 atom stereocenters. The standard InChI is InChI=1S/C13H21N5O/c14-12-16-10(17-18-12)4-7-15-11(19)9-8-13(9)5-2-1-3-6-13/h9H,1-8H2,(H,15,19)(H3,14,16,17,18). The van der Waals surface area contributed by atoms with Crippen molar-refractivity contribution in [2.45, 2.75) is 44.9 Å². The van der Waals surface area contributed by atoms with E-state index in [1.54, 1.807) is 0 Å². The molecule has 19 heavy (non-hydrogen) atoms. The zero-order valence-corrected chi connectivity index (χ0v) is 11.1. The van der Waals surface area contributed by atoms with Crippen LogP contribution in [-0.4, -0.2) is 27.6 Å². The number of amides is 1. The molecule has 2 fully saturated rings. The molecule has 104 valence electrons. The van der Waals surface area contributed by atoms with Crippen molar-refractivity contribution in [3.8, 4) is 0 Å². The van der Waals surface area contributed by atoms with Crippen molar-refractivity contribution >= 4 is 11.9 Å². The maximum absolute atomic E-state index is 12.1. The van der Waals surface area contributed by atoms with Crippen LogP contribution in [0.1, 0.15) is 44.3 Å². The summed E-state index contributed by atoms with van der Waals surface area (Å²) in [5.41, 5.74) is 5.78. The normalized spacial score (nSPS) is 24.3. The first-order chi connectivity index (χ1) is 9.20. The molecule has 2 saturated carbocycles. The molecule has 1 unspecified atom stereocenters. The predicted molar refractivity (Wildman–Crippen MR) is 71.1 cm³/mol. The molecule has 0 saturated heterocycles. The quantitative estimate of drug-likeness (QED) is 0.755. The van der Waals surface area contributed by atoms with Gasteiger partial charge in [0.2, 0.25) is 11.9 Å². The molecule has 1 heterocycles. The summed E-state index contributed by atoms with van der Waals surface area (Å²) in [5, 5.41) is 9.51. The lowest BCUT2D eigenvalue weighted by molar-refractivity contribution is -0.123. The fraction of sp³-hybridized carbons (Fsp3) is 0.769. The summed E-state index contributed by atoms with van der Waals surface area (Å²) in [7, 11) is 0. The number of nitrogen functional groups attached to an aromatic ring is 1. The number of nitrogens with zero attached hydrogens (tertiary/aromatic N) is 2. The van der Waals surface area contributed by atoms with E-state index in [9.17, 15) is 4.79 Å². The lowest BCUT2D eigenvalue weighted by Crippen LogP contribution is -2.30. The number of carbonyl (C=O) groups is 1. The average Bonchev–Trinajstić information content (AvgIpc) is 2.93. The van der Waals surface area contributed by atoms with E-state index in [1.165, 1.54) is 32.1 Å². The fourth-order valence-corrected chi connectivity index (χ4v) is 3.38. The SMILES string of the molecule is Nc1n[nH]c(CCNC(=O)C2CC23CCCCC3)n1. The van der Waals surface area contributed by atoms with E-state index in [4.69, 9.17) is 5.73 Å². The van der Waals surface area contributed by atoms with Crippen LogP contribution >= 0.6 is 0 Å². The van der Waals surface area contributed by atoms with Gasteiger partial charge in [-0.2, -0.15) is 4.98 Å². The van der Waals surface area contributed by atoms with Gasteiger partial charge in [0.25, 0.3) is 0 Å². The van der Waals surface area contributed by atoms with Gasteiger partial charge in [-0.3, -0.25) is 9.89 Å². The number of H-pyrrole nitrogens is 1. The lowest BCUT2D eigenvalue weighted by Gasteiger charge is -2.22. The average molecular weight is 263 g/mol. The van der Waals surface area contributed by atoms with Gasteiger partial charge in [-0.15, -0.1) is 5.10 Å². The molecular weight excluding hydrogens is 242 g/mol. The van der Waals surface area contributed by atoms with Crippen LogP contribution in [0.4, 0.5) is 5.95 Å². The van der Waals surface area contributed by atoms with Gasteiger partial charge in [-0.25, -0.2) is 0 Å². The highest BCUT2D eigenvalue weighted by molar-refractivity contribution is 5.82. The predicted octanol–water partition coefficient (Wildman–Crippen LogP) is 1.02. The lowest BCUT2D eigenvalue weighted by atomic mass is 9.84. The summed E-state index contributed by atoms with van der Waals surface area (Å²) in [6, 6.07) is 0. The number of nitrogens with one attached hydrogen (secondary N) is 2. The minimum absolute atomic E-state index is 0.217. The Balaban J connectivity index is 1.43. The van der Waals surface area contributed by atoms with Gasteiger partial charge < -0.3 is 11.1 Å². The van der Waals surface area contributed by atoms with Crippen molar-refractivity contribution in [3.05, 3.63) is 5.82 Å². The van der Waals surface area contributed by atoms with Crippen LogP contribution in [0.25, 0.3) is 0 Å². The zero-order valence-electron chi connectivity index (χ0n) is 11.1. The Morgan fingerprint density at radius 3 is 2.89 bits per heavy atom. The highest BCUT2D eigenvalue weighted by Crippen LogP contribution is 2.61. The number of nitrogens with two attached hydrogens (primary N) is 1. The van der Waals surface area contributed by atoms with E-state index >= 15 is 0 Å². The van der Waals surface area contributed by atoms with E-state index in [1.807, 2.05) is 0 Å². The van der Waals surface area contributed by atoms with Crippen LogP contribution < -0.4 is 11.1 Å². The zero-order chi connectivity index (χ0) is 13.3. The van der Waals surface area contributed by atoms with Crippen molar-refractivity contribution in [1.82, 2.24) is 20.5 Å². The summed E-state index contributed by atoms with van der Waals surface area (Å²) >= 11 is 0. The van der Waals surface area contributed by atoms with Crippen molar-refractivity contribution < 1.29 is 4.79 Å². The number of carbonyl (C=O) groups excluding carboxylic acids is 1. The smallest absolute Gasteiger partial charge is 0.239 e. The molecule has 1 spiro atoms. The van der Waals surface area contributed by atoms with E-state index in [-0.39, 0.29) is 17.8 Å². The third kappa shape index (κ3) is 2.57. The number of hydrogen-bond acceptors (Lipinski definition) is 4. The molecule has 1 amide bonds. The summed E-state index contributed by atoms with van der Waals surface area (Å²) < 4.78 is 0. The minimum atomic E-state index is 0.217. The van der Waals surface area contributed by atoms with Gasteiger partial charge in [-0.05, 0) is 24.7 Å². The molecular formula is C13H21N5O. The Morgan fingerprint density at radius 2 is 2.21 bits per heavy atom. The highest BCUT2D eigenvalue weighted by Gasteiger charge is 2.57. The number of anilines is 1. The van der Waals surface area contributed by atoms with Crippen LogP contribution in [0.2, 0.25) is 0 Å². The summed E-state index contributed by atoms with van der Waals surface area (Å²) in [6.07, 6.45) is 8.14. The Labute approximate surface area is 112 Å². The number of aromatic nitrogens is 3. The van der Waals surface area contributed by atoms with Crippen molar-refractivity contribution in [3.63, 3.8) is 0 Å². The van der Waals surface area contributed by atoms with Crippen LogP contribution in [0, 0.1) is 11.3 Å². The topological polar surface area (TPSA) is 96.7 Å². The molecule has 1 aromatic rings.